The smallest absolute Gasteiger partial charge is 0.351 e. The number of rotatable bonds is 10. The van der Waals surface area contributed by atoms with Crippen molar-refractivity contribution < 1.29 is 19.1 Å². The maximum absolute atomic E-state index is 12.2. The lowest BCUT2D eigenvalue weighted by Crippen LogP contribution is -2.19. The molecule has 1 N–H and O–H groups in total. The van der Waals surface area contributed by atoms with Crippen LogP contribution < -0.4 is 5.63 Å². The second-order valence-corrected chi connectivity index (χ2v) is 5.85. The molecule has 0 amide bonds. The molecule has 1 aromatic heterocycles. The summed E-state index contributed by atoms with van der Waals surface area (Å²) in [7, 11) is 0. The van der Waals surface area contributed by atoms with Crippen molar-refractivity contribution in [1.29, 1.82) is 0 Å². The van der Waals surface area contributed by atoms with Crippen molar-refractivity contribution in [3.05, 3.63) is 40.2 Å². The Morgan fingerprint density at radius 2 is 1.83 bits per heavy atom. The lowest BCUT2D eigenvalue weighted by Gasteiger charge is -2.06. The van der Waals surface area contributed by atoms with E-state index < -0.39 is 11.4 Å². The van der Waals surface area contributed by atoms with Gasteiger partial charge in [0.2, 0.25) is 0 Å². The van der Waals surface area contributed by atoms with Crippen molar-refractivity contribution in [2.24, 2.45) is 0 Å². The van der Waals surface area contributed by atoms with E-state index in [2.05, 4.69) is 6.92 Å². The van der Waals surface area contributed by atoms with Gasteiger partial charge in [0, 0.05) is 6.61 Å². The molecule has 0 aliphatic carbocycles. The Morgan fingerprint density at radius 3 is 2.62 bits per heavy atom. The molecule has 5 nitrogen and oxygen atoms in total. The van der Waals surface area contributed by atoms with Gasteiger partial charge >= 0.3 is 5.63 Å². The number of unbranched alkanes of at least 4 members (excludes halogenated alkanes) is 5. The molecule has 1 aromatic carbocycles. The Bertz CT molecular complexity index is 732. The fourth-order valence-electron chi connectivity index (χ4n) is 2.60. The maximum Gasteiger partial charge on any atom is 0.351 e. The average molecular weight is 332 g/mol. The number of aromatic hydroxyl groups is 1. The molecular formula is C19H24O5. The Hall–Kier alpha value is -2.14. The van der Waals surface area contributed by atoms with E-state index in [4.69, 9.17) is 9.15 Å². The number of hydrogen-bond donors (Lipinski definition) is 1. The zero-order chi connectivity index (χ0) is 17.4. The third kappa shape index (κ3) is 4.68. The quantitative estimate of drug-likeness (QED) is 0.403. The van der Waals surface area contributed by atoms with E-state index >= 15 is 0 Å². The van der Waals surface area contributed by atoms with E-state index in [1.807, 2.05) is 0 Å². The fourth-order valence-corrected chi connectivity index (χ4v) is 2.60. The van der Waals surface area contributed by atoms with Crippen molar-refractivity contribution >= 4 is 16.8 Å². The average Bonchev–Trinajstić information content (AvgIpc) is 2.57. The molecule has 0 fully saturated rings. The van der Waals surface area contributed by atoms with E-state index in [0.29, 0.717) is 12.0 Å². The van der Waals surface area contributed by atoms with Gasteiger partial charge in [0.15, 0.2) is 5.78 Å². The van der Waals surface area contributed by atoms with Gasteiger partial charge in [0.05, 0.1) is 5.39 Å². The number of carbonyl (C=O) groups excluding carboxylic acids is 1. The van der Waals surface area contributed by atoms with Gasteiger partial charge in [-0.15, -0.1) is 0 Å². The third-order valence-corrected chi connectivity index (χ3v) is 3.94. The molecule has 0 unspecified atom stereocenters. The minimum atomic E-state index is -0.834. The topological polar surface area (TPSA) is 76.7 Å². The Labute approximate surface area is 141 Å². The molecule has 2 aromatic rings. The SMILES string of the molecule is CCCCCCCCOCC(=O)c1c(O)c2ccccc2oc1=O. The molecule has 0 aliphatic rings. The molecule has 0 aliphatic heterocycles. The van der Waals surface area contributed by atoms with Crippen LogP contribution in [0, 0.1) is 0 Å². The summed E-state index contributed by atoms with van der Waals surface area (Å²) in [6.07, 6.45) is 6.80. The van der Waals surface area contributed by atoms with Crippen LogP contribution in [0.4, 0.5) is 0 Å². The van der Waals surface area contributed by atoms with Crippen LogP contribution >= 0.6 is 0 Å². The second-order valence-electron chi connectivity index (χ2n) is 5.85. The Kier molecular flexibility index (Phi) is 7.00. The summed E-state index contributed by atoms with van der Waals surface area (Å²) in [4.78, 5) is 24.1. The summed E-state index contributed by atoms with van der Waals surface area (Å²) in [5.74, 6) is -0.895. The number of ketones is 1. The number of benzene rings is 1. The molecule has 2 rings (SSSR count). The van der Waals surface area contributed by atoms with Crippen molar-refractivity contribution in [3.8, 4) is 5.75 Å². The molecule has 0 spiro atoms. The van der Waals surface area contributed by atoms with Gasteiger partial charge in [-0.25, -0.2) is 4.79 Å². The normalized spacial score (nSPS) is 11.0. The highest BCUT2D eigenvalue weighted by atomic mass is 16.5. The molecule has 24 heavy (non-hydrogen) atoms. The summed E-state index contributed by atoms with van der Waals surface area (Å²) in [5.41, 5.74) is -0.916. The van der Waals surface area contributed by atoms with Gasteiger partial charge in [-0.05, 0) is 18.6 Å². The first-order valence-electron chi connectivity index (χ1n) is 8.51. The fraction of sp³-hybridized carbons (Fsp3) is 0.474. The van der Waals surface area contributed by atoms with E-state index in [9.17, 15) is 14.7 Å². The lowest BCUT2D eigenvalue weighted by atomic mass is 10.1. The molecule has 0 saturated heterocycles. The van der Waals surface area contributed by atoms with Crippen LogP contribution in [0.3, 0.4) is 0 Å². The van der Waals surface area contributed by atoms with Gasteiger partial charge in [-0.1, -0.05) is 51.2 Å². The molecule has 0 saturated carbocycles. The van der Waals surface area contributed by atoms with E-state index in [0.717, 1.165) is 12.8 Å². The van der Waals surface area contributed by atoms with Crippen LogP contribution in [0.25, 0.3) is 11.0 Å². The minimum Gasteiger partial charge on any atom is -0.506 e. The first kappa shape index (κ1) is 18.2. The van der Waals surface area contributed by atoms with Crippen LogP contribution in [0.5, 0.6) is 5.75 Å². The highest BCUT2D eigenvalue weighted by Gasteiger charge is 2.20. The summed E-state index contributed by atoms with van der Waals surface area (Å²) >= 11 is 0. The van der Waals surface area contributed by atoms with Crippen LogP contribution in [0.2, 0.25) is 0 Å². The van der Waals surface area contributed by atoms with E-state index in [1.54, 1.807) is 24.3 Å². The Morgan fingerprint density at radius 1 is 1.12 bits per heavy atom. The standard InChI is InChI=1S/C19H24O5/c1-2-3-4-5-6-9-12-23-13-15(20)17-18(21)14-10-7-8-11-16(14)24-19(17)22/h7-8,10-11,21H,2-6,9,12-13H2,1H3. The summed E-state index contributed by atoms with van der Waals surface area (Å²) in [5, 5.41) is 10.5. The lowest BCUT2D eigenvalue weighted by molar-refractivity contribution is 0.0746. The molecule has 1 heterocycles. The molecule has 0 bridgehead atoms. The number of Topliss-reactive ketones (excluding diaryl/α,β-unsaturated/α-hetero) is 1. The number of ether oxygens (including phenoxy) is 1. The van der Waals surface area contributed by atoms with E-state index in [-0.39, 0.29) is 23.5 Å². The largest absolute Gasteiger partial charge is 0.506 e. The number of para-hydroxylation sites is 1. The molecule has 0 radical (unpaired) electrons. The summed E-state index contributed by atoms with van der Waals surface area (Å²) in [6, 6.07) is 6.56. The van der Waals surface area contributed by atoms with Gasteiger partial charge in [-0.2, -0.15) is 0 Å². The first-order chi connectivity index (χ1) is 11.6. The van der Waals surface area contributed by atoms with Gasteiger partial charge < -0.3 is 14.3 Å². The summed E-state index contributed by atoms with van der Waals surface area (Å²) < 4.78 is 10.4. The van der Waals surface area contributed by atoms with Gasteiger partial charge in [0.1, 0.15) is 23.5 Å². The van der Waals surface area contributed by atoms with Crippen molar-refractivity contribution in [3.63, 3.8) is 0 Å². The minimum absolute atomic E-state index is 0.231. The maximum atomic E-state index is 12.2. The zero-order valence-electron chi connectivity index (χ0n) is 14.0. The van der Waals surface area contributed by atoms with Crippen LogP contribution in [-0.2, 0) is 4.74 Å². The number of fused-ring (bicyclic) bond motifs is 1. The monoisotopic (exact) mass is 332 g/mol. The highest BCUT2D eigenvalue weighted by Crippen LogP contribution is 2.26. The van der Waals surface area contributed by atoms with Crippen molar-refractivity contribution in [1.82, 2.24) is 0 Å². The molecule has 0 atom stereocenters. The van der Waals surface area contributed by atoms with Gasteiger partial charge in [-0.3, -0.25) is 4.79 Å². The molecule has 5 heteroatoms. The molecular weight excluding hydrogens is 308 g/mol. The van der Waals surface area contributed by atoms with E-state index in [1.165, 1.54) is 25.7 Å². The number of carbonyl (C=O) groups is 1. The highest BCUT2D eigenvalue weighted by molar-refractivity contribution is 6.03. The first-order valence-corrected chi connectivity index (χ1v) is 8.51. The number of hydrogen-bond acceptors (Lipinski definition) is 5. The Balaban J connectivity index is 1.89. The third-order valence-electron chi connectivity index (χ3n) is 3.94. The predicted octanol–water partition coefficient (Wildman–Crippen LogP) is 4.06. The summed E-state index contributed by atoms with van der Waals surface area (Å²) in [6.45, 7) is 2.41. The predicted molar refractivity (Wildman–Crippen MR) is 92.7 cm³/mol. The second kappa shape index (κ2) is 9.23. The van der Waals surface area contributed by atoms with Crippen LogP contribution in [0.1, 0.15) is 55.8 Å². The van der Waals surface area contributed by atoms with Crippen LogP contribution in [0.15, 0.2) is 33.5 Å². The molecule has 130 valence electrons. The van der Waals surface area contributed by atoms with Crippen LogP contribution in [-0.4, -0.2) is 24.1 Å². The zero-order valence-corrected chi connectivity index (χ0v) is 14.0. The van der Waals surface area contributed by atoms with Gasteiger partial charge in [0.25, 0.3) is 0 Å². The van der Waals surface area contributed by atoms with Crippen molar-refractivity contribution in [2.75, 3.05) is 13.2 Å². The van der Waals surface area contributed by atoms with Crippen molar-refractivity contribution in [2.45, 2.75) is 45.4 Å².